The van der Waals surface area contributed by atoms with Crippen LogP contribution in [0.25, 0.3) is 5.69 Å². The first-order valence-electron chi connectivity index (χ1n) is 8.82. The van der Waals surface area contributed by atoms with Gasteiger partial charge in [0, 0.05) is 17.8 Å². The molecule has 30 heavy (non-hydrogen) atoms. The lowest BCUT2D eigenvalue weighted by Gasteiger charge is -2.13. The highest BCUT2D eigenvalue weighted by Gasteiger charge is 2.41. The molecule has 1 heterocycles. The molecule has 0 atom stereocenters. The monoisotopic (exact) mass is 420 g/mol. The highest BCUT2D eigenvalue weighted by atomic mass is 19.4. The molecule has 0 saturated carbocycles. The van der Waals surface area contributed by atoms with E-state index in [4.69, 9.17) is 0 Å². The fourth-order valence-corrected chi connectivity index (χ4v) is 2.68. The van der Waals surface area contributed by atoms with E-state index in [0.29, 0.717) is 10.4 Å². The van der Waals surface area contributed by atoms with Crippen molar-refractivity contribution in [2.45, 2.75) is 19.5 Å². The summed E-state index contributed by atoms with van der Waals surface area (Å²) >= 11 is 0. The number of hydrogen-bond donors (Lipinski definition) is 2. The van der Waals surface area contributed by atoms with Gasteiger partial charge in [0.25, 0.3) is 5.91 Å². The van der Waals surface area contributed by atoms with Gasteiger partial charge in [-0.2, -0.15) is 18.3 Å². The number of rotatable bonds is 5. The predicted molar refractivity (Wildman–Crippen MR) is 102 cm³/mol. The molecule has 1 aromatic heterocycles. The number of carbonyl (C=O) groups is 2. The van der Waals surface area contributed by atoms with Crippen LogP contribution in [0.15, 0.2) is 54.7 Å². The molecule has 2 aromatic carbocycles. The van der Waals surface area contributed by atoms with Gasteiger partial charge in [0.05, 0.1) is 11.8 Å². The van der Waals surface area contributed by atoms with E-state index in [0.717, 1.165) is 18.3 Å². The topological polar surface area (TPSA) is 76.0 Å². The van der Waals surface area contributed by atoms with Crippen LogP contribution in [0.1, 0.15) is 29.4 Å². The number of para-hydroxylation sites is 1. The molecule has 0 bridgehead atoms. The molecule has 0 fully saturated rings. The Morgan fingerprint density at radius 3 is 2.17 bits per heavy atom. The van der Waals surface area contributed by atoms with Crippen LogP contribution in [0.5, 0.6) is 0 Å². The Morgan fingerprint density at radius 2 is 1.60 bits per heavy atom. The van der Waals surface area contributed by atoms with Crippen LogP contribution >= 0.6 is 0 Å². The van der Waals surface area contributed by atoms with Gasteiger partial charge in [-0.15, -0.1) is 0 Å². The molecule has 2 N–H and O–H groups in total. The number of amides is 2. The van der Waals surface area contributed by atoms with Gasteiger partial charge in [0.2, 0.25) is 5.91 Å². The smallest absolute Gasteiger partial charge is 0.326 e. The van der Waals surface area contributed by atoms with Gasteiger partial charge in [-0.25, -0.2) is 9.07 Å². The molecule has 0 unspecified atom stereocenters. The first kappa shape index (κ1) is 21.0. The van der Waals surface area contributed by atoms with Crippen molar-refractivity contribution in [2.75, 3.05) is 10.6 Å². The van der Waals surface area contributed by atoms with Crippen molar-refractivity contribution >= 4 is 23.2 Å². The standard InChI is InChI=1S/C20H16F4N4O2/c1-2-17(29)26-12-7-9-13(10-8-12)27-19(30)14-11-25-28(18(14)20(22,23)24)16-6-4-3-5-15(16)21/h3-11H,2H2,1H3,(H,26,29)(H,27,30). The van der Waals surface area contributed by atoms with Crippen molar-refractivity contribution < 1.29 is 27.2 Å². The molecular weight excluding hydrogens is 404 g/mol. The Kier molecular flexibility index (Phi) is 5.86. The highest BCUT2D eigenvalue weighted by molar-refractivity contribution is 6.05. The molecule has 0 spiro atoms. The Bertz CT molecular complexity index is 1080. The number of carbonyl (C=O) groups excluding carboxylic acids is 2. The molecule has 0 aliphatic heterocycles. The minimum absolute atomic E-state index is 0.206. The van der Waals surface area contributed by atoms with Gasteiger partial charge in [-0.1, -0.05) is 19.1 Å². The van der Waals surface area contributed by atoms with Crippen LogP contribution < -0.4 is 10.6 Å². The summed E-state index contributed by atoms with van der Waals surface area (Å²) in [6.45, 7) is 1.68. The van der Waals surface area contributed by atoms with Crippen molar-refractivity contribution in [3.8, 4) is 5.69 Å². The van der Waals surface area contributed by atoms with Gasteiger partial charge in [0.1, 0.15) is 11.5 Å². The zero-order valence-electron chi connectivity index (χ0n) is 15.6. The minimum Gasteiger partial charge on any atom is -0.326 e. The van der Waals surface area contributed by atoms with Gasteiger partial charge in [-0.3, -0.25) is 9.59 Å². The van der Waals surface area contributed by atoms with Crippen molar-refractivity contribution in [3.63, 3.8) is 0 Å². The summed E-state index contributed by atoms with van der Waals surface area (Å²) in [4.78, 5) is 23.9. The third-order valence-corrected chi connectivity index (χ3v) is 4.11. The first-order chi connectivity index (χ1) is 14.2. The number of halogens is 4. The van der Waals surface area contributed by atoms with Gasteiger partial charge < -0.3 is 10.6 Å². The summed E-state index contributed by atoms with van der Waals surface area (Å²) in [5.41, 5.74) is -1.89. The second-order valence-electron chi connectivity index (χ2n) is 6.20. The first-order valence-corrected chi connectivity index (χ1v) is 8.82. The Balaban J connectivity index is 1.90. The summed E-state index contributed by atoms with van der Waals surface area (Å²) in [5.74, 6) is -2.18. The number of nitrogens with one attached hydrogen (secondary N) is 2. The lowest BCUT2D eigenvalue weighted by Crippen LogP contribution is -2.21. The Morgan fingerprint density at radius 1 is 1.00 bits per heavy atom. The largest absolute Gasteiger partial charge is 0.434 e. The molecule has 0 aliphatic rings. The molecule has 0 radical (unpaired) electrons. The van der Waals surface area contributed by atoms with Gasteiger partial charge in [0.15, 0.2) is 5.69 Å². The quantitative estimate of drug-likeness (QED) is 0.591. The molecule has 2 amide bonds. The van der Waals surface area contributed by atoms with Crippen LogP contribution in [-0.4, -0.2) is 21.6 Å². The number of aromatic nitrogens is 2. The van der Waals surface area contributed by atoms with E-state index in [-0.39, 0.29) is 18.0 Å². The maximum absolute atomic E-state index is 14.0. The third kappa shape index (κ3) is 4.48. The third-order valence-electron chi connectivity index (χ3n) is 4.11. The average molecular weight is 420 g/mol. The lowest BCUT2D eigenvalue weighted by atomic mass is 10.2. The van der Waals surface area contributed by atoms with E-state index in [1.54, 1.807) is 6.92 Å². The highest BCUT2D eigenvalue weighted by Crippen LogP contribution is 2.34. The maximum atomic E-state index is 14.0. The van der Waals surface area contributed by atoms with E-state index in [9.17, 15) is 27.2 Å². The van der Waals surface area contributed by atoms with Gasteiger partial charge >= 0.3 is 6.18 Å². The molecule has 3 aromatic rings. The summed E-state index contributed by atoms with van der Waals surface area (Å²) < 4.78 is 55.3. The van der Waals surface area contributed by atoms with Crippen LogP contribution in [0, 0.1) is 5.82 Å². The molecule has 0 saturated heterocycles. The van der Waals surface area contributed by atoms with E-state index >= 15 is 0 Å². The second kappa shape index (κ2) is 8.36. The number of alkyl halides is 3. The zero-order valence-corrected chi connectivity index (χ0v) is 15.6. The van der Waals surface area contributed by atoms with Crippen LogP contribution in [0.2, 0.25) is 0 Å². The minimum atomic E-state index is -4.96. The van der Waals surface area contributed by atoms with E-state index in [1.165, 1.54) is 36.4 Å². The number of benzene rings is 2. The second-order valence-corrected chi connectivity index (χ2v) is 6.20. The van der Waals surface area contributed by atoms with Crippen molar-refractivity contribution in [3.05, 3.63) is 71.8 Å². The summed E-state index contributed by atoms with van der Waals surface area (Å²) in [6.07, 6.45) is -3.94. The van der Waals surface area contributed by atoms with Crippen LogP contribution in [0.4, 0.5) is 28.9 Å². The fourth-order valence-electron chi connectivity index (χ4n) is 2.68. The molecule has 0 aliphatic carbocycles. The number of anilines is 2. The van der Waals surface area contributed by atoms with E-state index in [1.807, 2.05) is 0 Å². The predicted octanol–water partition coefficient (Wildman–Crippen LogP) is 4.63. The van der Waals surface area contributed by atoms with Gasteiger partial charge in [-0.05, 0) is 36.4 Å². The van der Waals surface area contributed by atoms with Crippen molar-refractivity contribution in [2.24, 2.45) is 0 Å². The Labute approximate surface area is 168 Å². The van der Waals surface area contributed by atoms with Crippen LogP contribution in [-0.2, 0) is 11.0 Å². The van der Waals surface area contributed by atoms with Crippen LogP contribution in [0.3, 0.4) is 0 Å². The molecule has 156 valence electrons. The molecule has 3 rings (SSSR count). The fraction of sp³-hybridized carbons (Fsp3) is 0.150. The summed E-state index contributed by atoms with van der Waals surface area (Å²) in [6, 6.07) is 10.7. The summed E-state index contributed by atoms with van der Waals surface area (Å²) in [7, 11) is 0. The SMILES string of the molecule is CCC(=O)Nc1ccc(NC(=O)c2cnn(-c3ccccc3F)c2C(F)(F)F)cc1. The maximum Gasteiger partial charge on any atom is 0.434 e. The molecule has 10 heteroatoms. The Hall–Kier alpha value is -3.69. The molecule has 6 nitrogen and oxygen atoms in total. The summed E-state index contributed by atoms with van der Waals surface area (Å²) in [5, 5.41) is 8.54. The molecular formula is C20H16F4N4O2. The number of nitrogens with zero attached hydrogens (tertiary/aromatic N) is 2. The lowest BCUT2D eigenvalue weighted by molar-refractivity contribution is -0.143. The zero-order chi connectivity index (χ0) is 21.9. The van der Waals surface area contributed by atoms with Crippen molar-refractivity contribution in [1.82, 2.24) is 9.78 Å². The van der Waals surface area contributed by atoms with Crippen molar-refractivity contribution in [1.29, 1.82) is 0 Å². The number of hydrogen-bond acceptors (Lipinski definition) is 3. The normalized spacial score (nSPS) is 11.2. The average Bonchev–Trinajstić information content (AvgIpc) is 3.15. The van der Waals surface area contributed by atoms with E-state index in [2.05, 4.69) is 15.7 Å². The van der Waals surface area contributed by atoms with E-state index < -0.39 is 34.8 Å².